The number of morpholine rings is 1. The van der Waals surface area contributed by atoms with E-state index >= 15 is 0 Å². The fourth-order valence-electron chi connectivity index (χ4n) is 3.23. The number of hydrogen-bond donors (Lipinski definition) is 1. The summed E-state index contributed by atoms with van der Waals surface area (Å²) >= 11 is 0. The molecular weight excluding hydrogens is 366 g/mol. The maximum absolute atomic E-state index is 13.3. The number of amides is 1. The maximum Gasteiger partial charge on any atom is 0.257 e. The molecule has 6 heteroatoms. The van der Waals surface area contributed by atoms with Crippen LogP contribution in [0.4, 0.5) is 0 Å². The van der Waals surface area contributed by atoms with Gasteiger partial charge in [-0.05, 0) is 35.9 Å². The molecule has 1 N–H and O–H groups in total. The third-order valence-corrected chi connectivity index (χ3v) is 4.73. The summed E-state index contributed by atoms with van der Waals surface area (Å²) in [6, 6.07) is 15.4. The van der Waals surface area contributed by atoms with Crippen molar-refractivity contribution in [3.05, 3.63) is 72.6 Å². The number of carbonyl (C=O) groups excluding carboxylic acids is 1. The quantitative estimate of drug-likeness (QED) is 0.517. The largest absolute Gasteiger partial charge is 0.490 e. The van der Waals surface area contributed by atoms with E-state index in [9.17, 15) is 4.79 Å². The van der Waals surface area contributed by atoms with Crippen molar-refractivity contribution in [2.24, 2.45) is 0 Å². The van der Waals surface area contributed by atoms with Gasteiger partial charge in [-0.3, -0.25) is 4.79 Å². The van der Waals surface area contributed by atoms with E-state index in [1.165, 1.54) is 0 Å². The minimum atomic E-state index is -0.0562. The van der Waals surface area contributed by atoms with Crippen molar-refractivity contribution in [3.8, 4) is 5.75 Å². The fraction of sp³-hybridized carbons (Fsp3) is 0.217. The summed E-state index contributed by atoms with van der Waals surface area (Å²) in [4.78, 5) is 23.0. The molecule has 4 rings (SSSR count). The highest BCUT2D eigenvalue weighted by atomic mass is 16.5. The Hall–Kier alpha value is -3.38. The molecule has 0 saturated carbocycles. The van der Waals surface area contributed by atoms with Crippen molar-refractivity contribution in [3.63, 3.8) is 0 Å². The van der Waals surface area contributed by atoms with E-state index in [0.717, 1.165) is 22.3 Å². The Labute approximate surface area is 169 Å². The van der Waals surface area contributed by atoms with Gasteiger partial charge in [0.15, 0.2) is 0 Å². The zero-order chi connectivity index (χ0) is 20.1. The predicted octanol–water partition coefficient (Wildman–Crippen LogP) is 3.53. The summed E-state index contributed by atoms with van der Waals surface area (Å²) in [5.41, 5.74) is 3.16. The van der Waals surface area contributed by atoms with Crippen molar-refractivity contribution in [2.75, 3.05) is 32.9 Å². The molecule has 1 aromatic heterocycles. The molecule has 6 nitrogen and oxygen atoms in total. The number of hydrogen-bond acceptors (Lipinski definition) is 4. The van der Waals surface area contributed by atoms with E-state index in [4.69, 9.17) is 9.47 Å². The van der Waals surface area contributed by atoms with Crippen LogP contribution in [0.25, 0.3) is 22.7 Å². The highest BCUT2D eigenvalue weighted by Crippen LogP contribution is 2.23. The van der Waals surface area contributed by atoms with Gasteiger partial charge in [0.05, 0.1) is 29.8 Å². The molecule has 0 aliphatic carbocycles. The van der Waals surface area contributed by atoms with Gasteiger partial charge in [-0.15, -0.1) is 0 Å². The second-order valence-corrected chi connectivity index (χ2v) is 6.73. The van der Waals surface area contributed by atoms with Gasteiger partial charge < -0.3 is 19.4 Å². The Morgan fingerprint density at radius 2 is 1.93 bits per heavy atom. The Bertz CT molecular complexity index is 998. The highest BCUT2D eigenvalue weighted by molar-refractivity contribution is 6.23. The number of para-hydroxylation sites is 2. The molecule has 3 aromatic rings. The first-order valence-electron chi connectivity index (χ1n) is 9.62. The van der Waals surface area contributed by atoms with Crippen LogP contribution in [0.3, 0.4) is 0 Å². The lowest BCUT2D eigenvalue weighted by Crippen LogP contribution is -2.41. The van der Waals surface area contributed by atoms with E-state index < -0.39 is 0 Å². The number of nitrogens with one attached hydrogen (secondary N) is 1. The molecular formula is C23H23N3O3. The Morgan fingerprint density at radius 1 is 1.17 bits per heavy atom. The Morgan fingerprint density at radius 3 is 2.66 bits per heavy atom. The van der Waals surface area contributed by atoms with Gasteiger partial charge in [0.25, 0.3) is 5.91 Å². The van der Waals surface area contributed by atoms with Crippen LogP contribution in [0.5, 0.6) is 5.75 Å². The van der Waals surface area contributed by atoms with Crippen LogP contribution < -0.4 is 4.74 Å². The minimum absolute atomic E-state index is 0.0562. The van der Waals surface area contributed by atoms with Crippen LogP contribution >= 0.6 is 0 Å². The lowest BCUT2D eigenvalue weighted by atomic mass is 10.1. The number of aromatic amines is 1. The second kappa shape index (κ2) is 8.75. The zero-order valence-corrected chi connectivity index (χ0v) is 16.1. The van der Waals surface area contributed by atoms with Crippen LogP contribution in [0.15, 0.2) is 61.2 Å². The fourth-order valence-corrected chi connectivity index (χ4v) is 3.23. The molecule has 2 heterocycles. The first-order valence-corrected chi connectivity index (χ1v) is 9.62. The summed E-state index contributed by atoms with van der Waals surface area (Å²) in [7, 11) is 0. The van der Waals surface area contributed by atoms with E-state index in [0.29, 0.717) is 44.3 Å². The second-order valence-electron chi connectivity index (χ2n) is 6.73. The van der Waals surface area contributed by atoms with E-state index in [-0.39, 0.29) is 5.91 Å². The summed E-state index contributed by atoms with van der Waals surface area (Å²) in [5.74, 6) is 1.26. The number of imidazole rings is 1. The SMILES string of the molecule is C=CCOc1ccc(C=C(C(=O)N2CCOCC2)c2nc3ccccc3[nH]2)cc1. The lowest BCUT2D eigenvalue weighted by molar-refractivity contribution is -0.128. The van der Waals surface area contributed by atoms with Crippen LogP contribution in [0.2, 0.25) is 0 Å². The maximum atomic E-state index is 13.3. The lowest BCUT2D eigenvalue weighted by Gasteiger charge is -2.27. The molecule has 29 heavy (non-hydrogen) atoms. The Kier molecular flexibility index (Phi) is 5.72. The first-order chi connectivity index (χ1) is 14.2. The van der Waals surface area contributed by atoms with Crippen molar-refractivity contribution in [1.29, 1.82) is 0 Å². The van der Waals surface area contributed by atoms with Gasteiger partial charge in [0.1, 0.15) is 18.2 Å². The zero-order valence-electron chi connectivity index (χ0n) is 16.1. The molecule has 1 aliphatic heterocycles. The van der Waals surface area contributed by atoms with E-state index in [2.05, 4.69) is 16.5 Å². The normalized spacial score (nSPS) is 14.8. The summed E-state index contributed by atoms with van der Waals surface area (Å²) < 4.78 is 10.9. The summed E-state index contributed by atoms with van der Waals surface area (Å²) in [6.45, 7) is 6.35. The van der Waals surface area contributed by atoms with Crippen molar-refractivity contribution in [2.45, 2.75) is 0 Å². The molecule has 1 aliphatic rings. The molecule has 0 unspecified atom stereocenters. The van der Waals surface area contributed by atoms with Gasteiger partial charge in [0.2, 0.25) is 0 Å². The first kappa shape index (κ1) is 19.0. The number of fused-ring (bicyclic) bond motifs is 1. The molecule has 0 radical (unpaired) electrons. The average Bonchev–Trinajstić information content (AvgIpc) is 3.21. The smallest absolute Gasteiger partial charge is 0.257 e. The van der Waals surface area contributed by atoms with Crippen molar-refractivity contribution in [1.82, 2.24) is 14.9 Å². The van der Waals surface area contributed by atoms with Gasteiger partial charge in [-0.25, -0.2) is 4.98 Å². The van der Waals surface area contributed by atoms with Crippen molar-refractivity contribution < 1.29 is 14.3 Å². The number of H-pyrrole nitrogens is 1. The van der Waals surface area contributed by atoms with Crippen molar-refractivity contribution >= 4 is 28.6 Å². The van der Waals surface area contributed by atoms with Crippen LogP contribution in [-0.2, 0) is 9.53 Å². The number of rotatable bonds is 6. The van der Waals surface area contributed by atoms with Crippen LogP contribution in [-0.4, -0.2) is 53.7 Å². The molecule has 0 spiro atoms. The van der Waals surface area contributed by atoms with Gasteiger partial charge in [-0.1, -0.05) is 36.9 Å². The summed E-state index contributed by atoms with van der Waals surface area (Å²) in [6.07, 6.45) is 3.57. The van der Waals surface area contributed by atoms with Gasteiger partial charge in [0, 0.05) is 13.1 Å². The topological polar surface area (TPSA) is 67.4 Å². The minimum Gasteiger partial charge on any atom is -0.490 e. The molecule has 0 bridgehead atoms. The third-order valence-electron chi connectivity index (χ3n) is 4.73. The highest BCUT2D eigenvalue weighted by Gasteiger charge is 2.24. The molecule has 2 aromatic carbocycles. The molecule has 1 amide bonds. The molecule has 148 valence electrons. The summed E-state index contributed by atoms with van der Waals surface area (Å²) in [5, 5.41) is 0. The molecule has 1 fully saturated rings. The molecule has 1 saturated heterocycles. The van der Waals surface area contributed by atoms with Gasteiger partial charge >= 0.3 is 0 Å². The van der Waals surface area contributed by atoms with E-state index in [1.807, 2.05) is 59.5 Å². The number of benzene rings is 2. The number of ether oxygens (including phenoxy) is 2. The third kappa shape index (κ3) is 4.38. The number of carbonyl (C=O) groups is 1. The molecule has 0 atom stereocenters. The van der Waals surface area contributed by atoms with Crippen LogP contribution in [0, 0.1) is 0 Å². The monoisotopic (exact) mass is 389 g/mol. The standard InChI is InChI=1S/C23H23N3O3/c1-2-13-29-18-9-7-17(8-10-18)16-19(23(27)26-11-14-28-15-12-26)22-24-20-5-3-4-6-21(20)25-22/h2-10,16H,1,11-15H2,(H,24,25). The van der Waals surface area contributed by atoms with Crippen LogP contribution in [0.1, 0.15) is 11.4 Å². The average molecular weight is 389 g/mol. The number of nitrogens with zero attached hydrogens (tertiary/aromatic N) is 2. The number of aromatic nitrogens is 2. The predicted molar refractivity (Wildman–Crippen MR) is 113 cm³/mol. The van der Waals surface area contributed by atoms with E-state index in [1.54, 1.807) is 6.08 Å². The Balaban J connectivity index is 1.69. The van der Waals surface area contributed by atoms with Gasteiger partial charge in [-0.2, -0.15) is 0 Å².